The smallest absolute Gasteiger partial charge is 0.262 e. The lowest BCUT2D eigenvalue weighted by molar-refractivity contribution is -0.118. The minimum absolute atomic E-state index is 0.0158. The lowest BCUT2D eigenvalue weighted by Gasteiger charge is -2.17. The molecule has 0 spiro atoms. The summed E-state index contributed by atoms with van der Waals surface area (Å²) in [6.45, 7) is 7.95. The van der Waals surface area contributed by atoms with Gasteiger partial charge < -0.3 is 15.0 Å². The molecule has 6 heteroatoms. The highest BCUT2D eigenvalue weighted by molar-refractivity contribution is 5.95. The molecule has 0 atom stereocenters. The number of rotatable bonds is 5. The Labute approximate surface area is 148 Å². The lowest BCUT2D eigenvalue weighted by Crippen LogP contribution is -2.24. The van der Waals surface area contributed by atoms with E-state index in [4.69, 9.17) is 4.74 Å². The van der Waals surface area contributed by atoms with Gasteiger partial charge in [-0.15, -0.1) is 0 Å². The van der Waals surface area contributed by atoms with Gasteiger partial charge in [0.15, 0.2) is 12.4 Å². The minimum atomic E-state index is -0.169. The molecule has 1 amide bonds. The topological polar surface area (TPSA) is 59.4 Å². The van der Waals surface area contributed by atoms with Crippen molar-refractivity contribution >= 4 is 17.4 Å². The van der Waals surface area contributed by atoms with Crippen LogP contribution in [0.5, 0.6) is 5.75 Å². The predicted molar refractivity (Wildman–Crippen MR) is 99.4 cm³/mol. The summed E-state index contributed by atoms with van der Waals surface area (Å²) in [6.07, 6.45) is 2.33. The Morgan fingerprint density at radius 3 is 2.68 bits per heavy atom. The van der Waals surface area contributed by atoms with Crippen molar-refractivity contribution < 1.29 is 9.53 Å². The molecule has 134 valence electrons. The Balaban J connectivity index is 1.69. The maximum absolute atomic E-state index is 12.4. The van der Waals surface area contributed by atoms with Gasteiger partial charge in [0.2, 0.25) is 0 Å². The molecule has 1 fully saturated rings. The van der Waals surface area contributed by atoms with E-state index in [1.807, 2.05) is 50.7 Å². The summed E-state index contributed by atoms with van der Waals surface area (Å²) in [4.78, 5) is 14.6. The maximum atomic E-state index is 12.4. The number of aromatic nitrogens is 2. The largest absolute Gasteiger partial charge is 0.483 e. The van der Waals surface area contributed by atoms with E-state index >= 15 is 0 Å². The summed E-state index contributed by atoms with van der Waals surface area (Å²) in [7, 11) is 1.90. The van der Waals surface area contributed by atoms with Gasteiger partial charge in [-0.1, -0.05) is 12.1 Å². The first kappa shape index (κ1) is 17.3. The number of aryl methyl sites for hydroxylation is 2. The number of carbonyl (C=O) groups excluding carboxylic acids is 1. The number of amides is 1. The summed E-state index contributed by atoms with van der Waals surface area (Å²) < 4.78 is 7.53. The highest BCUT2D eigenvalue weighted by atomic mass is 16.5. The monoisotopic (exact) mass is 342 g/mol. The van der Waals surface area contributed by atoms with E-state index in [1.165, 1.54) is 12.8 Å². The number of hydrogen-bond acceptors (Lipinski definition) is 4. The van der Waals surface area contributed by atoms with Crippen LogP contribution in [0, 0.1) is 20.8 Å². The van der Waals surface area contributed by atoms with Gasteiger partial charge in [0, 0.05) is 20.1 Å². The van der Waals surface area contributed by atoms with Gasteiger partial charge in [0.05, 0.1) is 5.69 Å². The first-order chi connectivity index (χ1) is 12.0. The van der Waals surface area contributed by atoms with Crippen LogP contribution in [0.2, 0.25) is 0 Å². The molecule has 0 aliphatic carbocycles. The molecule has 1 saturated heterocycles. The van der Waals surface area contributed by atoms with Crippen molar-refractivity contribution in [1.82, 2.24) is 9.78 Å². The zero-order valence-electron chi connectivity index (χ0n) is 15.4. The summed E-state index contributed by atoms with van der Waals surface area (Å²) in [6, 6.07) is 5.86. The van der Waals surface area contributed by atoms with Crippen LogP contribution in [0.25, 0.3) is 0 Å². The van der Waals surface area contributed by atoms with Crippen LogP contribution in [0.3, 0.4) is 0 Å². The number of nitrogens with zero attached hydrogens (tertiary/aromatic N) is 3. The molecule has 1 aromatic carbocycles. The van der Waals surface area contributed by atoms with Crippen LogP contribution in [0.15, 0.2) is 18.2 Å². The third-order valence-electron chi connectivity index (χ3n) is 4.90. The van der Waals surface area contributed by atoms with E-state index in [0.29, 0.717) is 0 Å². The molecule has 2 aromatic rings. The Bertz CT molecular complexity index is 776. The number of benzene rings is 1. The fraction of sp³-hybridized carbons (Fsp3) is 0.474. The maximum Gasteiger partial charge on any atom is 0.262 e. The molecule has 0 unspecified atom stereocenters. The molecular formula is C19H26N4O2. The number of carbonyl (C=O) groups is 1. The second-order valence-corrected chi connectivity index (χ2v) is 6.64. The zero-order valence-corrected chi connectivity index (χ0v) is 15.4. The van der Waals surface area contributed by atoms with Crippen LogP contribution in [-0.2, 0) is 11.8 Å². The molecule has 1 aliphatic heterocycles. The van der Waals surface area contributed by atoms with Crippen molar-refractivity contribution in [3.63, 3.8) is 0 Å². The van der Waals surface area contributed by atoms with Crippen LogP contribution in [-0.4, -0.2) is 35.4 Å². The molecule has 6 nitrogen and oxygen atoms in total. The molecule has 3 rings (SSSR count). The fourth-order valence-electron chi connectivity index (χ4n) is 3.09. The van der Waals surface area contributed by atoms with E-state index < -0.39 is 0 Å². The van der Waals surface area contributed by atoms with Crippen molar-refractivity contribution in [2.24, 2.45) is 7.05 Å². The van der Waals surface area contributed by atoms with Gasteiger partial charge in [-0.25, -0.2) is 0 Å². The first-order valence-electron chi connectivity index (χ1n) is 8.74. The van der Waals surface area contributed by atoms with Gasteiger partial charge in [0.25, 0.3) is 5.91 Å². The average molecular weight is 342 g/mol. The SMILES string of the molecule is Cc1cccc(OCC(=O)Nc2c(N3CCCC3)nn(C)c2C)c1C. The molecule has 1 aliphatic rings. The normalized spacial score (nSPS) is 14.0. The Morgan fingerprint density at radius 1 is 1.24 bits per heavy atom. The number of hydrogen-bond donors (Lipinski definition) is 1. The molecule has 1 aromatic heterocycles. The van der Waals surface area contributed by atoms with Gasteiger partial charge >= 0.3 is 0 Å². The van der Waals surface area contributed by atoms with E-state index in [0.717, 1.165) is 47.2 Å². The van der Waals surface area contributed by atoms with Gasteiger partial charge in [-0.3, -0.25) is 9.48 Å². The number of nitrogens with one attached hydrogen (secondary N) is 1. The number of ether oxygens (including phenoxy) is 1. The second-order valence-electron chi connectivity index (χ2n) is 6.64. The van der Waals surface area contributed by atoms with Crippen LogP contribution in [0.1, 0.15) is 29.7 Å². The molecule has 1 N–H and O–H groups in total. The van der Waals surface area contributed by atoms with Crippen molar-refractivity contribution in [3.05, 3.63) is 35.0 Å². The summed E-state index contributed by atoms with van der Waals surface area (Å²) in [5, 5.41) is 7.57. The highest BCUT2D eigenvalue weighted by Crippen LogP contribution is 2.30. The molecule has 0 radical (unpaired) electrons. The second kappa shape index (κ2) is 7.17. The van der Waals surface area contributed by atoms with E-state index in [2.05, 4.69) is 15.3 Å². The quantitative estimate of drug-likeness (QED) is 0.907. The van der Waals surface area contributed by atoms with E-state index in [-0.39, 0.29) is 12.5 Å². The van der Waals surface area contributed by atoms with Gasteiger partial charge in [-0.05, 0) is 50.8 Å². The summed E-state index contributed by atoms with van der Waals surface area (Å²) in [5.41, 5.74) is 3.95. The number of anilines is 2. The lowest BCUT2D eigenvalue weighted by atomic mass is 10.1. The van der Waals surface area contributed by atoms with Crippen molar-refractivity contribution in [1.29, 1.82) is 0 Å². The summed E-state index contributed by atoms with van der Waals surface area (Å²) in [5.74, 6) is 1.44. The van der Waals surface area contributed by atoms with E-state index in [1.54, 1.807) is 0 Å². The van der Waals surface area contributed by atoms with Crippen molar-refractivity contribution in [3.8, 4) is 5.75 Å². The average Bonchev–Trinajstić information content (AvgIpc) is 3.20. The van der Waals surface area contributed by atoms with Gasteiger partial charge in [0.1, 0.15) is 11.4 Å². The van der Waals surface area contributed by atoms with Crippen LogP contribution >= 0.6 is 0 Å². The molecule has 2 heterocycles. The Morgan fingerprint density at radius 2 is 1.96 bits per heavy atom. The fourth-order valence-corrected chi connectivity index (χ4v) is 3.09. The third-order valence-corrected chi connectivity index (χ3v) is 4.90. The first-order valence-corrected chi connectivity index (χ1v) is 8.74. The molecule has 25 heavy (non-hydrogen) atoms. The Hall–Kier alpha value is -2.50. The van der Waals surface area contributed by atoms with Crippen molar-refractivity contribution in [2.45, 2.75) is 33.6 Å². The standard InChI is InChI=1S/C19H26N4O2/c1-13-8-7-9-16(14(13)2)25-12-17(24)20-18-15(3)22(4)21-19(18)23-10-5-6-11-23/h7-9H,5-6,10-12H2,1-4H3,(H,20,24). The van der Waals surface area contributed by atoms with Crippen LogP contribution in [0.4, 0.5) is 11.5 Å². The predicted octanol–water partition coefficient (Wildman–Crippen LogP) is 2.96. The van der Waals surface area contributed by atoms with Crippen molar-refractivity contribution in [2.75, 3.05) is 29.9 Å². The highest BCUT2D eigenvalue weighted by Gasteiger charge is 2.23. The summed E-state index contributed by atoms with van der Waals surface area (Å²) >= 11 is 0. The zero-order chi connectivity index (χ0) is 18.0. The molecule has 0 bridgehead atoms. The van der Waals surface area contributed by atoms with Gasteiger partial charge in [-0.2, -0.15) is 5.10 Å². The third kappa shape index (κ3) is 3.62. The molecule has 0 saturated carbocycles. The molecular weight excluding hydrogens is 316 g/mol. The van der Waals surface area contributed by atoms with E-state index in [9.17, 15) is 4.79 Å². The van der Waals surface area contributed by atoms with Crippen LogP contribution < -0.4 is 15.0 Å². The minimum Gasteiger partial charge on any atom is -0.483 e. The Kier molecular flexibility index (Phi) is 4.97.